The normalized spacial score (nSPS) is 29.7. The standard InChI is InChI=1S/C16H18O9/c1-6-2-8(18)7-3-9(19)11(4-10(7)23-6)24-16-15(22)14(21)13(20)12(5-17)25-16/h2-4,12-17,19-22H,5H2,1H3. The molecule has 5 unspecified atom stereocenters. The van der Waals surface area contributed by atoms with Gasteiger partial charge in [-0.05, 0) is 13.0 Å². The number of rotatable bonds is 3. The number of aliphatic hydroxyl groups is 4. The molecule has 1 aliphatic rings. The average molecular weight is 354 g/mol. The molecule has 1 aromatic carbocycles. The van der Waals surface area contributed by atoms with Crippen LogP contribution >= 0.6 is 0 Å². The molecular formula is C16H18O9. The van der Waals surface area contributed by atoms with Gasteiger partial charge in [-0.15, -0.1) is 0 Å². The molecule has 136 valence electrons. The van der Waals surface area contributed by atoms with Gasteiger partial charge >= 0.3 is 0 Å². The van der Waals surface area contributed by atoms with E-state index in [0.29, 0.717) is 5.76 Å². The SMILES string of the molecule is Cc1cc(=O)c2cc(O)c(OC3OC(CO)C(O)C(O)C3O)cc2o1. The molecule has 0 amide bonds. The highest BCUT2D eigenvalue weighted by molar-refractivity contribution is 5.80. The minimum absolute atomic E-state index is 0.143. The molecule has 0 radical (unpaired) electrons. The smallest absolute Gasteiger partial charge is 0.229 e. The summed E-state index contributed by atoms with van der Waals surface area (Å²) in [6.45, 7) is 0.981. The van der Waals surface area contributed by atoms with E-state index < -0.39 is 43.1 Å². The van der Waals surface area contributed by atoms with Crippen LogP contribution < -0.4 is 10.2 Å². The highest BCUT2D eigenvalue weighted by Gasteiger charge is 2.44. The van der Waals surface area contributed by atoms with Gasteiger partial charge in [-0.1, -0.05) is 0 Å². The Kier molecular flexibility index (Phi) is 4.67. The van der Waals surface area contributed by atoms with Crippen LogP contribution in [0.1, 0.15) is 5.76 Å². The van der Waals surface area contributed by atoms with Gasteiger partial charge in [-0.25, -0.2) is 0 Å². The van der Waals surface area contributed by atoms with E-state index in [1.165, 1.54) is 12.1 Å². The Hall–Kier alpha value is -2.17. The van der Waals surface area contributed by atoms with Crippen LogP contribution in [-0.2, 0) is 4.74 Å². The summed E-state index contributed by atoms with van der Waals surface area (Å²) in [4.78, 5) is 11.9. The molecule has 3 rings (SSSR count). The molecule has 5 N–H and O–H groups in total. The molecule has 5 atom stereocenters. The van der Waals surface area contributed by atoms with Crippen LogP contribution in [0.4, 0.5) is 0 Å². The molecule has 0 bridgehead atoms. The number of hydrogen-bond donors (Lipinski definition) is 5. The predicted octanol–water partition coefficient (Wildman–Crippen LogP) is -1.01. The Morgan fingerprint density at radius 3 is 2.52 bits per heavy atom. The molecule has 0 spiro atoms. The number of aliphatic hydroxyl groups excluding tert-OH is 4. The predicted molar refractivity (Wildman–Crippen MR) is 83.3 cm³/mol. The van der Waals surface area contributed by atoms with E-state index in [1.54, 1.807) is 6.92 Å². The number of phenols is 1. The first kappa shape index (κ1) is 17.6. The third-order valence-electron chi connectivity index (χ3n) is 4.02. The molecule has 2 aromatic rings. The summed E-state index contributed by atoms with van der Waals surface area (Å²) in [6.07, 6.45) is -7.37. The van der Waals surface area contributed by atoms with Crippen molar-refractivity contribution in [3.05, 3.63) is 34.2 Å². The number of hydrogen-bond acceptors (Lipinski definition) is 9. The maximum atomic E-state index is 11.9. The number of phenolic OH excluding ortho intramolecular Hbond substituents is 1. The van der Waals surface area contributed by atoms with Gasteiger partial charge in [0.05, 0.1) is 12.0 Å². The summed E-state index contributed by atoms with van der Waals surface area (Å²) in [7, 11) is 0. The van der Waals surface area contributed by atoms with E-state index in [9.17, 15) is 30.3 Å². The van der Waals surface area contributed by atoms with Gasteiger partial charge in [0.15, 0.2) is 16.9 Å². The van der Waals surface area contributed by atoms with E-state index >= 15 is 0 Å². The lowest BCUT2D eigenvalue weighted by molar-refractivity contribution is -0.277. The van der Waals surface area contributed by atoms with E-state index in [4.69, 9.17) is 13.9 Å². The Morgan fingerprint density at radius 1 is 1.12 bits per heavy atom. The van der Waals surface area contributed by atoms with Crippen LogP contribution in [0.15, 0.2) is 27.4 Å². The Morgan fingerprint density at radius 2 is 1.84 bits per heavy atom. The Bertz CT molecular complexity index is 828. The molecule has 1 saturated heterocycles. The van der Waals surface area contributed by atoms with Crippen molar-refractivity contribution in [1.29, 1.82) is 0 Å². The zero-order valence-electron chi connectivity index (χ0n) is 13.2. The van der Waals surface area contributed by atoms with Crippen LogP contribution in [0.5, 0.6) is 11.5 Å². The molecule has 25 heavy (non-hydrogen) atoms. The third kappa shape index (κ3) is 3.20. The Labute approximate surface area is 141 Å². The summed E-state index contributed by atoms with van der Waals surface area (Å²) in [5.74, 6) is -0.201. The van der Waals surface area contributed by atoms with Crippen LogP contribution in [0.2, 0.25) is 0 Å². The zero-order valence-corrected chi connectivity index (χ0v) is 13.2. The first-order valence-corrected chi connectivity index (χ1v) is 7.56. The average Bonchev–Trinajstić information content (AvgIpc) is 2.56. The van der Waals surface area contributed by atoms with Crippen molar-refractivity contribution >= 4 is 11.0 Å². The fraction of sp³-hybridized carbons (Fsp3) is 0.438. The Balaban J connectivity index is 1.94. The molecule has 2 heterocycles. The quantitative estimate of drug-likeness (QED) is 0.467. The lowest BCUT2D eigenvalue weighted by Gasteiger charge is -2.39. The van der Waals surface area contributed by atoms with Gasteiger partial charge in [0, 0.05) is 12.1 Å². The van der Waals surface area contributed by atoms with E-state index in [1.807, 2.05) is 0 Å². The lowest BCUT2D eigenvalue weighted by Crippen LogP contribution is -2.60. The van der Waals surface area contributed by atoms with Crippen molar-refractivity contribution in [3.8, 4) is 11.5 Å². The van der Waals surface area contributed by atoms with Gasteiger partial charge < -0.3 is 39.4 Å². The van der Waals surface area contributed by atoms with Crippen molar-refractivity contribution in [1.82, 2.24) is 0 Å². The van der Waals surface area contributed by atoms with E-state index in [0.717, 1.165) is 6.07 Å². The molecule has 1 aromatic heterocycles. The summed E-state index contributed by atoms with van der Waals surface area (Å²) >= 11 is 0. The zero-order chi connectivity index (χ0) is 18.3. The second-order valence-corrected chi connectivity index (χ2v) is 5.85. The van der Waals surface area contributed by atoms with Gasteiger partial charge in [0.2, 0.25) is 6.29 Å². The number of fused-ring (bicyclic) bond motifs is 1. The third-order valence-corrected chi connectivity index (χ3v) is 4.02. The van der Waals surface area contributed by atoms with Crippen LogP contribution in [0, 0.1) is 6.92 Å². The number of aromatic hydroxyl groups is 1. The highest BCUT2D eigenvalue weighted by Crippen LogP contribution is 2.33. The first-order chi connectivity index (χ1) is 11.8. The molecule has 0 aliphatic carbocycles. The van der Waals surface area contributed by atoms with Crippen LogP contribution in [0.3, 0.4) is 0 Å². The minimum atomic E-state index is -1.63. The van der Waals surface area contributed by atoms with Gasteiger partial charge in [0.1, 0.15) is 35.8 Å². The highest BCUT2D eigenvalue weighted by atomic mass is 16.7. The molecule has 1 fully saturated rings. The fourth-order valence-electron chi connectivity index (χ4n) is 2.68. The summed E-state index contributed by atoms with van der Waals surface area (Å²) in [6, 6.07) is 3.68. The van der Waals surface area contributed by atoms with Crippen molar-refractivity contribution < 1.29 is 39.4 Å². The largest absolute Gasteiger partial charge is 0.504 e. The van der Waals surface area contributed by atoms with Crippen molar-refractivity contribution in [2.24, 2.45) is 0 Å². The van der Waals surface area contributed by atoms with Crippen LogP contribution in [-0.4, -0.2) is 62.8 Å². The molecule has 1 aliphatic heterocycles. The van der Waals surface area contributed by atoms with Crippen LogP contribution in [0.25, 0.3) is 11.0 Å². The summed E-state index contributed by atoms with van der Waals surface area (Å²) in [5.41, 5.74) is -0.184. The number of aryl methyl sites for hydroxylation is 1. The lowest BCUT2D eigenvalue weighted by atomic mass is 9.99. The number of benzene rings is 1. The van der Waals surface area contributed by atoms with E-state index in [-0.39, 0.29) is 22.1 Å². The molecule has 9 nitrogen and oxygen atoms in total. The first-order valence-electron chi connectivity index (χ1n) is 7.56. The number of ether oxygens (including phenoxy) is 2. The topological polar surface area (TPSA) is 150 Å². The van der Waals surface area contributed by atoms with Crippen molar-refractivity contribution in [2.45, 2.75) is 37.6 Å². The monoisotopic (exact) mass is 354 g/mol. The maximum Gasteiger partial charge on any atom is 0.229 e. The van der Waals surface area contributed by atoms with Crippen molar-refractivity contribution in [2.75, 3.05) is 6.61 Å². The summed E-state index contributed by atoms with van der Waals surface area (Å²) < 4.78 is 16.0. The van der Waals surface area contributed by atoms with Gasteiger partial charge in [-0.3, -0.25) is 4.79 Å². The second-order valence-electron chi connectivity index (χ2n) is 5.85. The summed E-state index contributed by atoms with van der Waals surface area (Å²) in [5, 5.41) is 48.9. The fourth-order valence-corrected chi connectivity index (χ4v) is 2.68. The molecule has 0 saturated carbocycles. The maximum absolute atomic E-state index is 11.9. The van der Waals surface area contributed by atoms with E-state index in [2.05, 4.69) is 0 Å². The van der Waals surface area contributed by atoms with Gasteiger partial charge in [-0.2, -0.15) is 0 Å². The molecule has 9 heteroatoms. The van der Waals surface area contributed by atoms with Crippen molar-refractivity contribution in [3.63, 3.8) is 0 Å². The second kappa shape index (κ2) is 6.62. The van der Waals surface area contributed by atoms with Gasteiger partial charge in [0.25, 0.3) is 0 Å². The molecular weight excluding hydrogens is 336 g/mol. The minimum Gasteiger partial charge on any atom is -0.504 e.